The van der Waals surface area contributed by atoms with Gasteiger partial charge in [0.2, 0.25) is 0 Å². The number of urea groups is 1. The Hall–Kier alpha value is -2.37. The molecule has 0 unspecified atom stereocenters. The molecule has 0 aliphatic rings. The molecule has 5 heteroatoms. The number of rotatable bonds is 8. The average Bonchev–Trinajstić information content (AvgIpc) is 2.62. The standard InChI is InChI=1S/C19H24N2O3/c1-24-14-18-8-4-16(5-9-18)12-21-19(23)20-11-10-15-2-6-17(13-22)7-3-15/h2-9,22H,10-14H2,1H3,(H2,20,21,23). The lowest BCUT2D eigenvalue weighted by molar-refractivity contribution is 0.185. The minimum Gasteiger partial charge on any atom is -0.392 e. The summed E-state index contributed by atoms with van der Waals surface area (Å²) in [5, 5.41) is 14.7. The minimum atomic E-state index is -0.178. The number of aliphatic hydroxyl groups is 1. The van der Waals surface area contributed by atoms with Crippen molar-refractivity contribution >= 4 is 6.03 Å². The van der Waals surface area contributed by atoms with Crippen LogP contribution in [0.15, 0.2) is 48.5 Å². The monoisotopic (exact) mass is 328 g/mol. The molecule has 0 heterocycles. The molecule has 0 saturated heterocycles. The zero-order valence-electron chi connectivity index (χ0n) is 13.9. The second kappa shape index (κ2) is 9.70. The molecule has 2 aromatic rings. The van der Waals surface area contributed by atoms with Crippen LogP contribution in [0.2, 0.25) is 0 Å². The van der Waals surface area contributed by atoms with E-state index in [0.717, 1.165) is 28.7 Å². The first kappa shape index (κ1) is 18.0. The lowest BCUT2D eigenvalue weighted by Gasteiger charge is -2.09. The largest absolute Gasteiger partial charge is 0.392 e. The Morgan fingerprint density at radius 2 is 1.50 bits per heavy atom. The van der Waals surface area contributed by atoms with E-state index in [1.807, 2.05) is 48.5 Å². The van der Waals surface area contributed by atoms with Gasteiger partial charge in [-0.2, -0.15) is 0 Å². The summed E-state index contributed by atoms with van der Waals surface area (Å²) < 4.78 is 5.07. The fourth-order valence-electron chi connectivity index (χ4n) is 2.30. The van der Waals surface area contributed by atoms with Crippen molar-refractivity contribution in [3.05, 3.63) is 70.8 Å². The van der Waals surface area contributed by atoms with Gasteiger partial charge in [-0.15, -0.1) is 0 Å². The summed E-state index contributed by atoms with van der Waals surface area (Å²) in [6, 6.07) is 15.5. The Kier molecular flexibility index (Phi) is 7.26. The molecule has 0 saturated carbocycles. The number of aliphatic hydroxyl groups excluding tert-OH is 1. The third-order valence-electron chi connectivity index (χ3n) is 3.69. The van der Waals surface area contributed by atoms with Crippen LogP contribution in [0, 0.1) is 0 Å². The highest BCUT2D eigenvalue weighted by Crippen LogP contribution is 2.06. The van der Waals surface area contributed by atoms with E-state index in [-0.39, 0.29) is 12.6 Å². The van der Waals surface area contributed by atoms with Gasteiger partial charge in [-0.3, -0.25) is 0 Å². The SMILES string of the molecule is COCc1ccc(CNC(=O)NCCc2ccc(CO)cc2)cc1. The number of carbonyl (C=O) groups excluding carboxylic acids is 1. The van der Waals surface area contributed by atoms with Crippen molar-refractivity contribution in [3.8, 4) is 0 Å². The van der Waals surface area contributed by atoms with E-state index in [4.69, 9.17) is 9.84 Å². The summed E-state index contributed by atoms with van der Waals surface area (Å²) in [7, 11) is 1.67. The van der Waals surface area contributed by atoms with Crippen molar-refractivity contribution in [3.63, 3.8) is 0 Å². The first-order valence-electron chi connectivity index (χ1n) is 7.98. The quantitative estimate of drug-likeness (QED) is 0.697. The van der Waals surface area contributed by atoms with E-state index in [0.29, 0.717) is 19.7 Å². The molecule has 0 aliphatic carbocycles. The van der Waals surface area contributed by atoms with Crippen LogP contribution < -0.4 is 10.6 Å². The molecule has 2 rings (SSSR count). The third kappa shape index (κ3) is 6.02. The molecular weight excluding hydrogens is 304 g/mol. The fraction of sp³-hybridized carbons (Fsp3) is 0.316. The van der Waals surface area contributed by atoms with E-state index in [2.05, 4.69) is 10.6 Å². The van der Waals surface area contributed by atoms with Crippen molar-refractivity contribution in [2.24, 2.45) is 0 Å². The summed E-state index contributed by atoms with van der Waals surface area (Å²) in [4.78, 5) is 11.8. The Bertz CT molecular complexity index is 624. The molecule has 2 aromatic carbocycles. The van der Waals surface area contributed by atoms with Crippen LogP contribution >= 0.6 is 0 Å². The summed E-state index contributed by atoms with van der Waals surface area (Å²) in [6.45, 7) is 1.70. The molecule has 0 aliphatic heterocycles. The number of amides is 2. The number of hydrogen-bond donors (Lipinski definition) is 3. The molecule has 0 atom stereocenters. The van der Waals surface area contributed by atoms with E-state index in [1.165, 1.54) is 0 Å². The molecule has 0 fully saturated rings. The number of benzene rings is 2. The maximum absolute atomic E-state index is 11.8. The number of carbonyl (C=O) groups is 1. The van der Waals surface area contributed by atoms with Crippen LogP contribution in [-0.2, 0) is 30.9 Å². The van der Waals surface area contributed by atoms with E-state index in [9.17, 15) is 4.79 Å². The highest BCUT2D eigenvalue weighted by molar-refractivity contribution is 5.73. The van der Waals surface area contributed by atoms with Gasteiger partial charge >= 0.3 is 6.03 Å². The maximum Gasteiger partial charge on any atom is 0.315 e. The van der Waals surface area contributed by atoms with Gasteiger partial charge in [0.1, 0.15) is 0 Å². The maximum atomic E-state index is 11.8. The van der Waals surface area contributed by atoms with Crippen LogP contribution in [0.5, 0.6) is 0 Å². The molecule has 2 amide bonds. The Morgan fingerprint density at radius 1 is 0.917 bits per heavy atom. The van der Waals surface area contributed by atoms with Crippen LogP contribution in [0.3, 0.4) is 0 Å². The zero-order chi connectivity index (χ0) is 17.2. The number of ether oxygens (including phenoxy) is 1. The van der Waals surface area contributed by atoms with Crippen molar-refractivity contribution in [2.75, 3.05) is 13.7 Å². The lowest BCUT2D eigenvalue weighted by atomic mass is 10.1. The second-order valence-electron chi connectivity index (χ2n) is 5.58. The predicted octanol–water partition coefficient (Wildman–Crippen LogP) is 2.37. The summed E-state index contributed by atoms with van der Waals surface area (Å²) in [6.07, 6.45) is 0.755. The predicted molar refractivity (Wildman–Crippen MR) is 93.5 cm³/mol. The van der Waals surface area contributed by atoms with E-state index >= 15 is 0 Å². The molecule has 128 valence electrons. The van der Waals surface area contributed by atoms with E-state index in [1.54, 1.807) is 7.11 Å². The van der Waals surface area contributed by atoms with Gasteiger partial charge in [-0.25, -0.2) is 4.79 Å². The van der Waals surface area contributed by atoms with Crippen molar-refractivity contribution in [1.29, 1.82) is 0 Å². The number of hydrogen-bond acceptors (Lipinski definition) is 3. The molecule has 24 heavy (non-hydrogen) atoms. The number of nitrogens with one attached hydrogen (secondary N) is 2. The molecule has 0 aromatic heterocycles. The molecule has 0 radical (unpaired) electrons. The fourth-order valence-corrected chi connectivity index (χ4v) is 2.30. The minimum absolute atomic E-state index is 0.0490. The van der Waals surface area contributed by atoms with Gasteiger partial charge in [0.25, 0.3) is 0 Å². The Morgan fingerprint density at radius 3 is 2.12 bits per heavy atom. The molecular formula is C19H24N2O3. The Balaban J connectivity index is 1.67. The third-order valence-corrected chi connectivity index (χ3v) is 3.69. The average molecular weight is 328 g/mol. The van der Waals surface area contributed by atoms with Gasteiger partial charge in [0.15, 0.2) is 0 Å². The molecule has 5 nitrogen and oxygen atoms in total. The topological polar surface area (TPSA) is 70.6 Å². The first-order valence-corrected chi connectivity index (χ1v) is 7.98. The van der Waals surface area contributed by atoms with Gasteiger partial charge in [-0.1, -0.05) is 48.5 Å². The highest BCUT2D eigenvalue weighted by Gasteiger charge is 2.01. The van der Waals surface area contributed by atoms with Crippen molar-refractivity contribution in [1.82, 2.24) is 10.6 Å². The van der Waals surface area contributed by atoms with E-state index < -0.39 is 0 Å². The molecule has 3 N–H and O–H groups in total. The lowest BCUT2D eigenvalue weighted by Crippen LogP contribution is -2.36. The van der Waals surface area contributed by atoms with Gasteiger partial charge < -0.3 is 20.5 Å². The van der Waals surface area contributed by atoms with Gasteiger partial charge in [-0.05, 0) is 28.7 Å². The first-order chi connectivity index (χ1) is 11.7. The van der Waals surface area contributed by atoms with Gasteiger partial charge in [0.05, 0.1) is 13.2 Å². The zero-order valence-corrected chi connectivity index (χ0v) is 13.9. The summed E-state index contributed by atoms with van der Waals surface area (Å²) in [5.74, 6) is 0. The second-order valence-corrected chi connectivity index (χ2v) is 5.58. The normalized spacial score (nSPS) is 10.4. The van der Waals surface area contributed by atoms with Gasteiger partial charge in [0, 0.05) is 20.2 Å². The van der Waals surface area contributed by atoms with Crippen molar-refractivity contribution < 1.29 is 14.6 Å². The smallest absolute Gasteiger partial charge is 0.315 e. The number of methoxy groups -OCH3 is 1. The van der Waals surface area contributed by atoms with Crippen LogP contribution in [0.1, 0.15) is 22.3 Å². The van der Waals surface area contributed by atoms with Crippen LogP contribution in [-0.4, -0.2) is 24.8 Å². The molecule has 0 spiro atoms. The summed E-state index contributed by atoms with van der Waals surface area (Å²) in [5.41, 5.74) is 4.17. The highest BCUT2D eigenvalue weighted by atomic mass is 16.5. The van der Waals surface area contributed by atoms with Crippen LogP contribution in [0.4, 0.5) is 4.79 Å². The van der Waals surface area contributed by atoms with Crippen molar-refractivity contribution in [2.45, 2.75) is 26.2 Å². The summed E-state index contributed by atoms with van der Waals surface area (Å²) >= 11 is 0. The Labute approximate surface area is 142 Å². The van der Waals surface area contributed by atoms with Crippen LogP contribution in [0.25, 0.3) is 0 Å². The molecule has 0 bridgehead atoms.